The van der Waals surface area contributed by atoms with Crippen molar-refractivity contribution >= 4 is 11.6 Å². The molecule has 0 aliphatic rings. The Bertz CT molecular complexity index is 511. The van der Waals surface area contributed by atoms with E-state index >= 15 is 0 Å². The van der Waals surface area contributed by atoms with Crippen molar-refractivity contribution in [2.45, 2.75) is 13.5 Å². The van der Waals surface area contributed by atoms with Gasteiger partial charge >= 0.3 is 0 Å². The van der Waals surface area contributed by atoms with Crippen LogP contribution >= 0.6 is 11.6 Å². The van der Waals surface area contributed by atoms with Gasteiger partial charge in [0.15, 0.2) is 0 Å². The van der Waals surface area contributed by atoms with Crippen LogP contribution in [0.3, 0.4) is 0 Å². The van der Waals surface area contributed by atoms with Crippen LogP contribution in [0.4, 0.5) is 4.39 Å². The van der Waals surface area contributed by atoms with Gasteiger partial charge in [-0.2, -0.15) is 0 Å². The summed E-state index contributed by atoms with van der Waals surface area (Å²) in [6.07, 6.45) is 0. The molecule has 0 aliphatic heterocycles. The van der Waals surface area contributed by atoms with E-state index in [-0.39, 0.29) is 12.4 Å². The fourth-order valence-corrected chi connectivity index (χ4v) is 1.72. The Morgan fingerprint density at radius 1 is 1.12 bits per heavy atom. The first-order valence-corrected chi connectivity index (χ1v) is 5.67. The highest BCUT2D eigenvalue weighted by Crippen LogP contribution is 2.23. The summed E-state index contributed by atoms with van der Waals surface area (Å²) in [4.78, 5) is 0. The van der Waals surface area contributed by atoms with Gasteiger partial charge in [-0.1, -0.05) is 35.9 Å². The van der Waals surface area contributed by atoms with Crippen molar-refractivity contribution < 1.29 is 9.13 Å². The summed E-state index contributed by atoms with van der Waals surface area (Å²) in [6, 6.07) is 12.6. The van der Waals surface area contributed by atoms with Crippen LogP contribution in [0.15, 0.2) is 42.5 Å². The van der Waals surface area contributed by atoms with Crippen LogP contribution in [-0.2, 0) is 6.61 Å². The molecular weight excluding hydrogens is 239 g/mol. The molecule has 0 bridgehead atoms. The van der Waals surface area contributed by atoms with Crippen LogP contribution in [0.5, 0.6) is 5.75 Å². The van der Waals surface area contributed by atoms with E-state index in [1.165, 1.54) is 0 Å². The fourth-order valence-electron chi connectivity index (χ4n) is 1.52. The van der Waals surface area contributed by atoms with Crippen molar-refractivity contribution in [2.24, 2.45) is 0 Å². The number of ether oxygens (including phenoxy) is 1. The van der Waals surface area contributed by atoms with Gasteiger partial charge < -0.3 is 4.74 Å². The van der Waals surface area contributed by atoms with Crippen LogP contribution in [0, 0.1) is 12.7 Å². The molecule has 0 heterocycles. The molecule has 2 aromatic rings. The van der Waals surface area contributed by atoms with Crippen molar-refractivity contribution in [3.8, 4) is 5.75 Å². The predicted molar refractivity (Wildman–Crippen MR) is 66.9 cm³/mol. The van der Waals surface area contributed by atoms with E-state index in [1.807, 2.05) is 30.3 Å². The van der Waals surface area contributed by atoms with Crippen LogP contribution in [0.25, 0.3) is 0 Å². The third-order valence-electron chi connectivity index (χ3n) is 2.51. The topological polar surface area (TPSA) is 9.23 Å². The molecule has 0 saturated carbocycles. The molecule has 0 N–H and O–H groups in total. The molecule has 2 rings (SSSR count). The molecule has 88 valence electrons. The van der Waals surface area contributed by atoms with Gasteiger partial charge in [-0.05, 0) is 30.7 Å². The molecule has 2 aromatic carbocycles. The zero-order valence-corrected chi connectivity index (χ0v) is 10.2. The third-order valence-corrected chi connectivity index (χ3v) is 2.86. The highest BCUT2D eigenvalue weighted by atomic mass is 35.5. The SMILES string of the molecule is Cc1ccc(Cl)c(COc2ccccc2)c1F. The highest BCUT2D eigenvalue weighted by molar-refractivity contribution is 6.31. The largest absolute Gasteiger partial charge is 0.489 e. The molecule has 17 heavy (non-hydrogen) atoms. The maximum absolute atomic E-state index is 13.8. The molecule has 0 unspecified atom stereocenters. The minimum Gasteiger partial charge on any atom is -0.489 e. The maximum atomic E-state index is 13.8. The summed E-state index contributed by atoms with van der Waals surface area (Å²) in [5, 5.41) is 0.393. The number of aryl methyl sites for hydroxylation is 1. The first-order valence-electron chi connectivity index (χ1n) is 5.30. The van der Waals surface area contributed by atoms with Gasteiger partial charge in [-0.25, -0.2) is 4.39 Å². The maximum Gasteiger partial charge on any atom is 0.134 e. The van der Waals surface area contributed by atoms with Gasteiger partial charge in [0, 0.05) is 5.56 Å². The lowest BCUT2D eigenvalue weighted by molar-refractivity contribution is 0.299. The number of benzene rings is 2. The molecule has 0 aromatic heterocycles. The van der Waals surface area contributed by atoms with E-state index in [0.717, 1.165) is 0 Å². The lowest BCUT2D eigenvalue weighted by Gasteiger charge is -2.10. The second-order valence-electron chi connectivity index (χ2n) is 3.76. The molecule has 0 atom stereocenters. The summed E-state index contributed by atoms with van der Waals surface area (Å²) < 4.78 is 19.3. The van der Waals surface area contributed by atoms with Crippen molar-refractivity contribution in [1.82, 2.24) is 0 Å². The monoisotopic (exact) mass is 250 g/mol. The average Bonchev–Trinajstić information content (AvgIpc) is 2.35. The zero-order valence-electron chi connectivity index (χ0n) is 9.41. The molecule has 0 saturated heterocycles. The van der Waals surface area contributed by atoms with Gasteiger partial charge in [0.05, 0.1) is 5.02 Å². The minimum absolute atomic E-state index is 0.135. The Balaban J connectivity index is 2.17. The Morgan fingerprint density at radius 2 is 1.82 bits per heavy atom. The number of hydrogen-bond acceptors (Lipinski definition) is 1. The van der Waals surface area contributed by atoms with Gasteiger partial charge in [-0.3, -0.25) is 0 Å². The lowest BCUT2D eigenvalue weighted by Crippen LogP contribution is -2.01. The predicted octanol–water partition coefficient (Wildman–Crippen LogP) is 4.37. The Labute approximate surface area is 105 Å². The van der Waals surface area contributed by atoms with E-state index in [0.29, 0.717) is 21.9 Å². The molecule has 1 nitrogen and oxygen atoms in total. The Morgan fingerprint density at radius 3 is 2.53 bits per heavy atom. The molecule has 0 radical (unpaired) electrons. The number of halogens is 2. The standard InChI is InChI=1S/C14H12ClFO/c1-10-7-8-13(15)12(14(10)16)9-17-11-5-3-2-4-6-11/h2-8H,9H2,1H3. The van der Waals surface area contributed by atoms with Crippen LogP contribution < -0.4 is 4.74 Å². The summed E-state index contributed by atoms with van der Waals surface area (Å²) in [5.41, 5.74) is 0.969. The van der Waals surface area contributed by atoms with Crippen molar-refractivity contribution in [2.75, 3.05) is 0 Å². The second-order valence-corrected chi connectivity index (χ2v) is 4.17. The Hall–Kier alpha value is -1.54. The van der Waals surface area contributed by atoms with Crippen molar-refractivity contribution in [3.05, 3.63) is 64.4 Å². The van der Waals surface area contributed by atoms with Crippen LogP contribution in [-0.4, -0.2) is 0 Å². The number of hydrogen-bond donors (Lipinski definition) is 0. The van der Waals surface area contributed by atoms with E-state index in [1.54, 1.807) is 19.1 Å². The van der Waals surface area contributed by atoms with Crippen molar-refractivity contribution in [3.63, 3.8) is 0 Å². The highest BCUT2D eigenvalue weighted by Gasteiger charge is 2.10. The van der Waals surface area contributed by atoms with Gasteiger partial charge in [-0.15, -0.1) is 0 Å². The molecule has 0 fully saturated rings. The first-order chi connectivity index (χ1) is 8.18. The van der Waals surface area contributed by atoms with Crippen molar-refractivity contribution in [1.29, 1.82) is 0 Å². The quantitative estimate of drug-likeness (QED) is 0.786. The average molecular weight is 251 g/mol. The summed E-state index contributed by atoms with van der Waals surface area (Å²) >= 11 is 5.95. The molecule has 0 aliphatic carbocycles. The van der Waals surface area contributed by atoms with Gasteiger partial charge in [0.25, 0.3) is 0 Å². The van der Waals surface area contributed by atoms with E-state index in [9.17, 15) is 4.39 Å². The summed E-state index contributed by atoms with van der Waals surface area (Å²) in [5.74, 6) is 0.401. The molecule has 3 heteroatoms. The van der Waals surface area contributed by atoms with E-state index in [2.05, 4.69) is 0 Å². The molecular formula is C14H12ClFO. The van der Waals surface area contributed by atoms with Gasteiger partial charge in [0.1, 0.15) is 18.2 Å². The minimum atomic E-state index is -0.298. The molecule has 0 spiro atoms. The van der Waals surface area contributed by atoms with E-state index in [4.69, 9.17) is 16.3 Å². The smallest absolute Gasteiger partial charge is 0.134 e. The third kappa shape index (κ3) is 2.77. The van der Waals surface area contributed by atoms with Gasteiger partial charge in [0.2, 0.25) is 0 Å². The zero-order chi connectivity index (χ0) is 12.3. The number of rotatable bonds is 3. The van der Waals surface area contributed by atoms with Crippen LogP contribution in [0.1, 0.15) is 11.1 Å². The molecule has 0 amide bonds. The fraction of sp³-hybridized carbons (Fsp3) is 0.143. The lowest BCUT2D eigenvalue weighted by atomic mass is 10.1. The van der Waals surface area contributed by atoms with E-state index < -0.39 is 0 Å². The summed E-state index contributed by atoms with van der Waals surface area (Å²) in [6.45, 7) is 1.84. The normalized spacial score (nSPS) is 10.3. The number of para-hydroxylation sites is 1. The van der Waals surface area contributed by atoms with Crippen LogP contribution in [0.2, 0.25) is 5.02 Å². The Kier molecular flexibility index (Phi) is 3.64. The first kappa shape index (κ1) is 11.9. The summed E-state index contributed by atoms with van der Waals surface area (Å²) in [7, 11) is 0. The second kappa shape index (κ2) is 5.19.